The summed E-state index contributed by atoms with van der Waals surface area (Å²) in [6, 6.07) is 15.2. The van der Waals surface area contributed by atoms with Gasteiger partial charge >= 0.3 is 0 Å². The van der Waals surface area contributed by atoms with E-state index in [0.717, 1.165) is 28.0 Å². The molecule has 5 nitrogen and oxygen atoms in total. The molecule has 1 atom stereocenters. The quantitative estimate of drug-likeness (QED) is 0.799. The molecule has 5 heteroatoms. The van der Waals surface area contributed by atoms with Crippen LogP contribution in [0.15, 0.2) is 36.4 Å². The number of anilines is 1. The van der Waals surface area contributed by atoms with Crippen molar-refractivity contribution in [3.8, 4) is 5.69 Å². The van der Waals surface area contributed by atoms with Gasteiger partial charge < -0.3 is 10.6 Å². The van der Waals surface area contributed by atoms with Crippen molar-refractivity contribution in [2.45, 2.75) is 13.0 Å². The molecule has 0 amide bonds. The summed E-state index contributed by atoms with van der Waals surface area (Å²) in [6.45, 7) is 1.97. The van der Waals surface area contributed by atoms with Crippen LogP contribution in [0.5, 0.6) is 0 Å². The van der Waals surface area contributed by atoms with E-state index < -0.39 is 0 Å². The molecular formula is C16H18N5. The Balaban J connectivity index is 2.00. The molecule has 0 bridgehead atoms. The van der Waals surface area contributed by atoms with Crippen LogP contribution in [-0.4, -0.2) is 29.1 Å². The van der Waals surface area contributed by atoms with Gasteiger partial charge in [-0.1, -0.05) is 12.1 Å². The van der Waals surface area contributed by atoms with E-state index in [4.69, 9.17) is 5.73 Å². The highest BCUT2D eigenvalue weighted by molar-refractivity contribution is 5.77. The van der Waals surface area contributed by atoms with E-state index in [-0.39, 0.29) is 6.04 Å². The van der Waals surface area contributed by atoms with Crippen molar-refractivity contribution in [2.24, 2.45) is 5.73 Å². The Labute approximate surface area is 124 Å². The SMILES string of the molecule is C[C@@H](N)c1ccc(-n2nc3[c]c(N(C)C)ccc3n2)cc1. The van der Waals surface area contributed by atoms with Crippen LogP contribution in [0, 0.1) is 6.07 Å². The lowest BCUT2D eigenvalue weighted by molar-refractivity contribution is 0.761. The lowest BCUT2D eigenvalue weighted by Crippen LogP contribution is -2.08. The molecule has 0 unspecified atom stereocenters. The second-order valence-corrected chi connectivity index (χ2v) is 5.34. The molecule has 0 aliphatic rings. The standard InChI is InChI=1S/C16H18N5/c1-11(17)12-4-6-13(7-5-12)21-18-15-9-8-14(20(2)3)10-16(15)19-21/h4-9,11H,17H2,1-3H3/t11-/m1/s1. The van der Waals surface area contributed by atoms with Gasteiger partial charge in [0.1, 0.15) is 11.0 Å². The Bertz CT molecular complexity index is 756. The van der Waals surface area contributed by atoms with Crippen LogP contribution in [0.2, 0.25) is 0 Å². The number of hydrogen-bond acceptors (Lipinski definition) is 4. The van der Waals surface area contributed by atoms with E-state index in [1.807, 2.05) is 62.3 Å². The molecule has 0 aliphatic carbocycles. The largest absolute Gasteiger partial charge is 0.377 e. The van der Waals surface area contributed by atoms with Crippen LogP contribution in [0.1, 0.15) is 18.5 Å². The first kappa shape index (κ1) is 13.6. The summed E-state index contributed by atoms with van der Waals surface area (Å²) in [5.74, 6) is 0. The van der Waals surface area contributed by atoms with Crippen molar-refractivity contribution >= 4 is 16.7 Å². The maximum absolute atomic E-state index is 5.86. The molecule has 2 N–H and O–H groups in total. The third-order valence-corrected chi connectivity index (χ3v) is 3.42. The molecule has 1 aromatic heterocycles. The first-order valence-corrected chi connectivity index (χ1v) is 6.87. The van der Waals surface area contributed by atoms with Crippen molar-refractivity contribution in [3.05, 3.63) is 48.0 Å². The molecule has 0 saturated carbocycles. The van der Waals surface area contributed by atoms with Crippen molar-refractivity contribution < 1.29 is 0 Å². The van der Waals surface area contributed by atoms with Crippen molar-refractivity contribution in [1.29, 1.82) is 0 Å². The summed E-state index contributed by atoms with van der Waals surface area (Å²) in [4.78, 5) is 3.63. The zero-order chi connectivity index (χ0) is 15.0. The van der Waals surface area contributed by atoms with Gasteiger partial charge in [-0.2, -0.15) is 4.80 Å². The highest BCUT2D eigenvalue weighted by atomic mass is 15.5. The van der Waals surface area contributed by atoms with Crippen molar-refractivity contribution in [2.75, 3.05) is 19.0 Å². The van der Waals surface area contributed by atoms with Crippen LogP contribution in [0.3, 0.4) is 0 Å². The number of nitrogens with two attached hydrogens (primary N) is 1. The smallest absolute Gasteiger partial charge is 0.123 e. The summed E-state index contributed by atoms with van der Waals surface area (Å²) in [5, 5.41) is 8.98. The Morgan fingerprint density at radius 3 is 2.43 bits per heavy atom. The van der Waals surface area contributed by atoms with E-state index in [9.17, 15) is 0 Å². The zero-order valence-electron chi connectivity index (χ0n) is 12.4. The molecule has 21 heavy (non-hydrogen) atoms. The van der Waals surface area contributed by atoms with Crippen LogP contribution >= 0.6 is 0 Å². The molecule has 0 saturated heterocycles. The molecule has 0 aliphatic heterocycles. The van der Waals surface area contributed by atoms with Crippen LogP contribution < -0.4 is 10.6 Å². The Hall–Kier alpha value is -2.40. The van der Waals surface area contributed by atoms with Crippen molar-refractivity contribution in [3.63, 3.8) is 0 Å². The lowest BCUT2D eigenvalue weighted by atomic mass is 10.1. The summed E-state index contributed by atoms with van der Waals surface area (Å²) >= 11 is 0. The maximum Gasteiger partial charge on any atom is 0.123 e. The zero-order valence-corrected chi connectivity index (χ0v) is 12.4. The fourth-order valence-electron chi connectivity index (χ4n) is 2.13. The molecule has 1 heterocycles. The minimum Gasteiger partial charge on any atom is -0.377 e. The molecule has 0 fully saturated rings. The van der Waals surface area contributed by atoms with Gasteiger partial charge in [0.15, 0.2) is 0 Å². The van der Waals surface area contributed by atoms with Gasteiger partial charge in [0.25, 0.3) is 0 Å². The first-order chi connectivity index (χ1) is 10.0. The number of nitrogens with zero attached hydrogens (tertiary/aromatic N) is 4. The van der Waals surface area contributed by atoms with Crippen LogP contribution in [0.4, 0.5) is 5.69 Å². The second kappa shape index (κ2) is 5.18. The highest BCUT2D eigenvalue weighted by Gasteiger charge is 2.07. The Morgan fingerprint density at radius 2 is 1.81 bits per heavy atom. The molecule has 3 rings (SSSR count). The number of rotatable bonds is 3. The predicted molar refractivity (Wildman–Crippen MR) is 84.6 cm³/mol. The van der Waals surface area contributed by atoms with Gasteiger partial charge in [0, 0.05) is 31.9 Å². The van der Waals surface area contributed by atoms with Gasteiger partial charge in [0.05, 0.1) is 5.69 Å². The third-order valence-electron chi connectivity index (χ3n) is 3.42. The minimum atomic E-state index is 0.0275. The molecular weight excluding hydrogens is 262 g/mol. The van der Waals surface area contributed by atoms with Crippen LogP contribution in [-0.2, 0) is 0 Å². The summed E-state index contributed by atoms with van der Waals surface area (Å²) in [7, 11) is 3.96. The summed E-state index contributed by atoms with van der Waals surface area (Å²) in [6.07, 6.45) is 0. The fraction of sp³-hybridized carbons (Fsp3) is 0.250. The van der Waals surface area contributed by atoms with Crippen molar-refractivity contribution in [1.82, 2.24) is 15.0 Å². The van der Waals surface area contributed by atoms with Gasteiger partial charge in [-0.25, -0.2) is 0 Å². The highest BCUT2D eigenvalue weighted by Crippen LogP contribution is 2.19. The third kappa shape index (κ3) is 2.60. The normalized spacial score (nSPS) is 12.6. The number of fused-ring (bicyclic) bond motifs is 1. The molecule has 1 radical (unpaired) electrons. The van der Waals surface area contributed by atoms with Crippen LogP contribution in [0.25, 0.3) is 16.7 Å². The van der Waals surface area contributed by atoms with E-state index in [1.165, 1.54) is 0 Å². The number of aromatic nitrogens is 3. The molecule has 107 valence electrons. The molecule has 3 aromatic rings. The van der Waals surface area contributed by atoms with Gasteiger partial charge in [-0.15, -0.1) is 10.2 Å². The monoisotopic (exact) mass is 280 g/mol. The number of benzene rings is 2. The second-order valence-electron chi connectivity index (χ2n) is 5.34. The minimum absolute atomic E-state index is 0.0275. The fourth-order valence-corrected chi connectivity index (χ4v) is 2.13. The number of hydrogen-bond donors (Lipinski definition) is 1. The van der Waals surface area contributed by atoms with E-state index >= 15 is 0 Å². The molecule has 0 spiro atoms. The average molecular weight is 280 g/mol. The summed E-state index contributed by atoms with van der Waals surface area (Å²) < 4.78 is 0. The van der Waals surface area contributed by atoms with Gasteiger partial charge in [-0.05, 0) is 36.8 Å². The molecule has 2 aromatic carbocycles. The Morgan fingerprint density at radius 1 is 1.10 bits per heavy atom. The Kier molecular flexibility index (Phi) is 3.35. The van der Waals surface area contributed by atoms with Gasteiger partial charge in [0.2, 0.25) is 0 Å². The van der Waals surface area contributed by atoms with E-state index in [1.54, 1.807) is 4.80 Å². The average Bonchev–Trinajstić information content (AvgIpc) is 2.90. The predicted octanol–water partition coefficient (Wildman–Crippen LogP) is 2.31. The van der Waals surface area contributed by atoms with Gasteiger partial charge in [-0.3, -0.25) is 0 Å². The van der Waals surface area contributed by atoms with E-state index in [2.05, 4.69) is 16.3 Å². The topological polar surface area (TPSA) is 60.0 Å². The lowest BCUT2D eigenvalue weighted by Gasteiger charge is -2.10. The first-order valence-electron chi connectivity index (χ1n) is 6.87. The van der Waals surface area contributed by atoms with E-state index in [0.29, 0.717) is 0 Å². The summed E-state index contributed by atoms with van der Waals surface area (Å²) in [5.41, 5.74) is 10.4. The maximum atomic E-state index is 5.86.